The molecule has 1 amide bonds. The highest BCUT2D eigenvalue weighted by Gasteiger charge is 2.42. The van der Waals surface area contributed by atoms with Crippen LogP contribution in [0.25, 0.3) is 0 Å². The number of fused-ring (bicyclic) bond motifs is 1. The van der Waals surface area contributed by atoms with Gasteiger partial charge in [0.15, 0.2) is 0 Å². The summed E-state index contributed by atoms with van der Waals surface area (Å²) in [5, 5.41) is 0. The molecule has 110 valence electrons. The Balaban J connectivity index is 0.000000704. The van der Waals surface area contributed by atoms with Crippen LogP contribution in [0.3, 0.4) is 0 Å². The molecule has 1 aromatic rings. The summed E-state index contributed by atoms with van der Waals surface area (Å²) in [5.74, 6) is 0. The minimum Gasteiger partial charge on any atom is -0.444 e. The van der Waals surface area contributed by atoms with E-state index in [-0.39, 0.29) is 18.2 Å². The number of carbonyl (C=O) groups excluding carboxylic acids is 1. The Kier molecular flexibility index (Phi) is 5.01. The fraction of sp³-hybridized carbons (Fsp3) is 0.562. The van der Waals surface area contributed by atoms with Gasteiger partial charge in [0.2, 0.25) is 0 Å². The minimum absolute atomic E-state index is 0.0103. The molecule has 0 spiro atoms. The van der Waals surface area contributed by atoms with Crippen molar-refractivity contribution in [1.29, 1.82) is 0 Å². The van der Waals surface area contributed by atoms with E-state index in [1.54, 1.807) is 0 Å². The molecule has 2 saturated heterocycles. The highest BCUT2D eigenvalue weighted by Crippen LogP contribution is 2.24. The number of ether oxygens (including phenoxy) is 1. The van der Waals surface area contributed by atoms with Crippen molar-refractivity contribution in [3.63, 3.8) is 0 Å². The maximum Gasteiger partial charge on any atom is 0.410 e. The van der Waals surface area contributed by atoms with Crippen LogP contribution < -0.4 is 0 Å². The van der Waals surface area contributed by atoms with Crippen LogP contribution in [-0.2, 0) is 11.3 Å². The standard InChI is InChI=1S/C14H18N2O2.C2H6/c1-11-13-10-15(7-8-16(13)14(17)18-11)9-12-5-3-2-4-6-12;1-2/h2-6,11,13H,7-10H2,1H3;1-2H3. The molecule has 2 unspecified atom stereocenters. The van der Waals surface area contributed by atoms with Gasteiger partial charge in [0.25, 0.3) is 0 Å². The van der Waals surface area contributed by atoms with Crippen LogP contribution in [0.2, 0.25) is 0 Å². The highest BCUT2D eigenvalue weighted by molar-refractivity contribution is 5.70. The second kappa shape index (κ2) is 6.75. The second-order valence-electron chi connectivity index (χ2n) is 5.07. The van der Waals surface area contributed by atoms with Gasteiger partial charge in [-0.2, -0.15) is 0 Å². The lowest BCUT2D eigenvalue weighted by Crippen LogP contribution is -2.53. The summed E-state index contributed by atoms with van der Waals surface area (Å²) in [6.07, 6.45) is -0.136. The first kappa shape index (κ1) is 14.9. The first-order chi connectivity index (χ1) is 9.74. The first-order valence-corrected chi connectivity index (χ1v) is 7.47. The predicted molar refractivity (Wildman–Crippen MR) is 79.5 cm³/mol. The number of carbonyl (C=O) groups is 1. The van der Waals surface area contributed by atoms with Crippen LogP contribution in [-0.4, -0.2) is 47.7 Å². The Morgan fingerprint density at radius 2 is 1.90 bits per heavy atom. The lowest BCUT2D eigenvalue weighted by Gasteiger charge is -2.36. The molecule has 0 aromatic heterocycles. The van der Waals surface area contributed by atoms with Crippen molar-refractivity contribution in [2.45, 2.75) is 39.5 Å². The van der Waals surface area contributed by atoms with E-state index in [1.165, 1.54) is 5.56 Å². The lowest BCUT2D eigenvalue weighted by molar-refractivity contribution is 0.105. The van der Waals surface area contributed by atoms with Crippen LogP contribution in [0.1, 0.15) is 26.3 Å². The van der Waals surface area contributed by atoms with Gasteiger partial charge in [0.05, 0.1) is 6.04 Å². The molecule has 0 saturated carbocycles. The Bertz CT molecular complexity index is 435. The Morgan fingerprint density at radius 1 is 1.20 bits per heavy atom. The van der Waals surface area contributed by atoms with Crippen LogP contribution in [0.5, 0.6) is 0 Å². The van der Waals surface area contributed by atoms with Gasteiger partial charge in [-0.25, -0.2) is 4.79 Å². The third kappa shape index (κ3) is 3.12. The predicted octanol–water partition coefficient (Wildman–Crippen LogP) is 2.74. The van der Waals surface area contributed by atoms with Crippen molar-refractivity contribution in [1.82, 2.24) is 9.80 Å². The molecule has 2 atom stereocenters. The van der Waals surface area contributed by atoms with E-state index in [9.17, 15) is 4.79 Å². The van der Waals surface area contributed by atoms with E-state index in [1.807, 2.05) is 31.7 Å². The van der Waals surface area contributed by atoms with Crippen molar-refractivity contribution < 1.29 is 9.53 Å². The third-order valence-corrected chi connectivity index (χ3v) is 3.81. The fourth-order valence-corrected chi connectivity index (χ4v) is 2.79. The number of piperazine rings is 1. The summed E-state index contributed by atoms with van der Waals surface area (Å²) < 4.78 is 5.27. The molecular weight excluding hydrogens is 252 g/mol. The molecule has 2 heterocycles. The maximum atomic E-state index is 11.6. The molecule has 4 nitrogen and oxygen atoms in total. The normalized spacial score (nSPS) is 25.6. The first-order valence-electron chi connectivity index (χ1n) is 7.47. The van der Waals surface area contributed by atoms with E-state index in [4.69, 9.17) is 4.74 Å². The average Bonchev–Trinajstić information content (AvgIpc) is 2.77. The molecule has 2 aliphatic rings. The van der Waals surface area contributed by atoms with Gasteiger partial charge in [0.1, 0.15) is 6.10 Å². The van der Waals surface area contributed by atoms with Crippen LogP contribution in [0, 0.1) is 0 Å². The van der Waals surface area contributed by atoms with Crippen molar-refractivity contribution in [2.75, 3.05) is 19.6 Å². The monoisotopic (exact) mass is 276 g/mol. The summed E-state index contributed by atoms with van der Waals surface area (Å²) in [7, 11) is 0. The van der Waals surface area contributed by atoms with Gasteiger partial charge in [-0.3, -0.25) is 9.80 Å². The number of benzene rings is 1. The summed E-state index contributed by atoms with van der Waals surface area (Å²) >= 11 is 0. The molecule has 0 radical (unpaired) electrons. The average molecular weight is 276 g/mol. The van der Waals surface area contributed by atoms with Gasteiger partial charge in [-0.15, -0.1) is 0 Å². The number of cyclic esters (lactones) is 1. The van der Waals surface area contributed by atoms with E-state index in [2.05, 4.69) is 29.2 Å². The fourth-order valence-electron chi connectivity index (χ4n) is 2.79. The molecule has 1 aromatic carbocycles. The number of hydrogen-bond acceptors (Lipinski definition) is 3. The van der Waals surface area contributed by atoms with Crippen LogP contribution in [0.4, 0.5) is 4.79 Å². The minimum atomic E-state index is -0.146. The zero-order valence-electron chi connectivity index (χ0n) is 12.6. The highest BCUT2D eigenvalue weighted by atomic mass is 16.6. The Morgan fingerprint density at radius 3 is 2.60 bits per heavy atom. The van der Waals surface area contributed by atoms with Gasteiger partial charge in [-0.1, -0.05) is 44.2 Å². The van der Waals surface area contributed by atoms with Gasteiger partial charge < -0.3 is 4.74 Å². The van der Waals surface area contributed by atoms with Crippen molar-refractivity contribution >= 4 is 6.09 Å². The molecule has 2 aliphatic heterocycles. The van der Waals surface area contributed by atoms with Crippen molar-refractivity contribution in [2.24, 2.45) is 0 Å². The number of amides is 1. The zero-order chi connectivity index (χ0) is 14.5. The summed E-state index contributed by atoms with van der Waals surface area (Å²) in [5.41, 5.74) is 1.32. The van der Waals surface area contributed by atoms with E-state index >= 15 is 0 Å². The number of nitrogens with zero attached hydrogens (tertiary/aromatic N) is 2. The van der Waals surface area contributed by atoms with Gasteiger partial charge in [-0.05, 0) is 12.5 Å². The Labute approximate surface area is 121 Å². The largest absolute Gasteiger partial charge is 0.444 e. The van der Waals surface area contributed by atoms with Crippen molar-refractivity contribution in [3.05, 3.63) is 35.9 Å². The smallest absolute Gasteiger partial charge is 0.410 e. The van der Waals surface area contributed by atoms with E-state index in [0.29, 0.717) is 0 Å². The number of rotatable bonds is 2. The van der Waals surface area contributed by atoms with E-state index in [0.717, 1.165) is 26.2 Å². The molecule has 20 heavy (non-hydrogen) atoms. The SMILES string of the molecule is CC.CC1OC(=O)N2CCN(Cc3ccccc3)CC12. The van der Waals surface area contributed by atoms with Gasteiger partial charge in [0, 0.05) is 26.2 Å². The van der Waals surface area contributed by atoms with Crippen molar-refractivity contribution in [3.8, 4) is 0 Å². The summed E-state index contributed by atoms with van der Waals surface area (Å²) in [6.45, 7) is 9.54. The second-order valence-corrected chi connectivity index (χ2v) is 5.07. The molecule has 0 aliphatic carbocycles. The topological polar surface area (TPSA) is 32.8 Å². The molecule has 0 N–H and O–H groups in total. The summed E-state index contributed by atoms with van der Waals surface area (Å²) in [6, 6.07) is 10.7. The molecule has 4 heteroatoms. The maximum absolute atomic E-state index is 11.6. The lowest BCUT2D eigenvalue weighted by atomic mass is 10.1. The molecular formula is C16H24N2O2. The summed E-state index contributed by atoms with van der Waals surface area (Å²) in [4.78, 5) is 15.8. The quantitative estimate of drug-likeness (QED) is 0.832. The third-order valence-electron chi connectivity index (χ3n) is 3.81. The number of hydrogen-bond donors (Lipinski definition) is 0. The zero-order valence-corrected chi connectivity index (χ0v) is 12.6. The van der Waals surface area contributed by atoms with Crippen LogP contribution in [0.15, 0.2) is 30.3 Å². The van der Waals surface area contributed by atoms with E-state index < -0.39 is 0 Å². The Hall–Kier alpha value is -1.55. The van der Waals surface area contributed by atoms with Gasteiger partial charge >= 0.3 is 6.09 Å². The van der Waals surface area contributed by atoms with Crippen LogP contribution >= 0.6 is 0 Å². The molecule has 0 bridgehead atoms. The molecule has 3 rings (SSSR count). The molecule has 2 fully saturated rings.